The van der Waals surface area contributed by atoms with Gasteiger partial charge in [0.2, 0.25) is 0 Å². The predicted octanol–water partition coefficient (Wildman–Crippen LogP) is 2.83. The van der Waals surface area contributed by atoms with Crippen LogP contribution in [0.15, 0.2) is 24.3 Å². The summed E-state index contributed by atoms with van der Waals surface area (Å²) in [5, 5.41) is 10.5. The summed E-state index contributed by atoms with van der Waals surface area (Å²) in [6.45, 7) is 4.10. The maximum atomic E-state index is 10.5. The number of hydrogen-bond donors (Lipinski definition) is 1. The first-order valence-electron chi connectivity index (χ1n) is 5.50. The van der Waals surface area contributed by atoms with Crippen LogP contribution in [0.25, 0.3) is 0 Å². The van der Waals surface area contributed by atoms with Crippen LogP contribution in [-0.4, -0.2) is 11.0 Å². The quantitative estimate of drug-likeness (QED) is 0.615. The van der Waals surface area contributed by atoms with Crippen LogP contribution in [0.2, 0.25) is 0 Å². The van der Waals surface area contributed by atoms with Crippen LogP contribution in [0.3, 0.4) is 0 Å². The summed E-state index contributed by atoms with van der Waals surface area (Å²) in [4.78, 5) is 10.1. The van der Waals surface area contributed by atoms with Gasteiger partial charge >= 0.3 is 0 Å². The van der Waals surface area contributed by atoms with Crippen LogP contribution >= 0.6 is 0 Å². The monoisotopic (exact) mass is 222 g/mol. The molecule has 2 atom stereocenters. The van der Waals surface area contributed by atoms with Gasteiger partial charge in [0, 0.05) is 18.2 Å². The summed E-state index contributed by atoms with van der Waals surface area (Å²) >= 11 is 0. The minimum Gasteiger partial charge on any atom is -0.328 e. The summed E-state index contributed by atoms with van der Waals surface area (Å²) < 4.78 is 0. The van der Waals surface area contributed by atoms with E-state index in [1.54, 1.807) is 12.1 Å². The Bertz CT molecular complexity index is 347. The zero-order valence-electron chi connectivity index (χ0n) is 9.72. The highest BCUT2D eigenvalue weighted by atomic mass is 16.6. The van der Waals surface area contributed by atoms with Crippen LogP contribution in [0.5, 0.6) is 0 Å². The molecule has 16 heavy (non-hydrogen) atoms. The fourth-order valence-electron chi connectivity index (χ4n) is 1.60. The summed E-state index contributed by atoms with van der Waals surface area (Å²) in [6, 6.07) is 6.96. The Labute approximate surface area is 95.6 Å². The fraction of sp³-hybridized carbons (Fsp3) is 0.500. The van der Waals surface area contributed by atoms with Crippen LogP contribution < -0.4 is 5.73 Å². The van der Waals surface area contributed by atoms with Gasteiger partial charge < -0.3 is 5.73 Å². The number of nitrogens with two attached hydrogens (primary N) is 1. The lowest BCUT2D eigenvalue weighted by atomic mass is 9.94. The molecule has 88 valence electrons. The van der Waals surface area contributed by atoms with Gasteiger partial charge in [0.05, 0.1) is 4.92 Å². The highest BCUT2D eigenvalue weighted by molar-refractivity contribution is 5.34. The SMILES string of the molecule is CC(N)CCC(C)c1ccc([N+](=O)[O-])cc1. The third-order valence-corrected chi connectivity index (χ3v) is 2.73. The number of nitro groups is 1. The lowest BCUT2D eigenvalue weighted by molar-refractivity contribution is -0.384. The van der Waals surface area contributed by atoms with Gasteiger partial charge in [-0.1, -0.05) is 19.1 Å². The number of rotatable bonds is 5. The van der Waals surface area contributed by atoms with Crippen molar-refractivity contribution < 1.29 is 4.92 Å². The largest absolute Gasteiger partial charge is 0.328 e. The van der Waals surface area contributed by atoms with Gasteiger partial charge in [-0.25, -0.2) is 0 Å². The van der Waals surface area contributed by atoms with Gasteiger partial charge in [-0.05, 0) is 31.2 Å². The molecule has 0 aromatic heterocycles. The van der Waals surface area contributed by atoms with E-state index < -0.39 is 0 Å². The molecule has 0 saturated carbocycles. The molecule has 0 aliphatic rings. The van der Waals surface area contributed by atoms with E-state index in [0.29, 0.717) is 5.92 Å². The molecule has 0 amide bonds. The molecule has 0 spiro atoms. The van der Waals surface area contributed by atoms with Crippen molar-refractivity contribution in [3.05, 3.63) is 39.9 Å². The third-order valence-electron chi connectivity index (χ3n) is 2.73. The van der Waals surface area contributed by atoms with Crippen LogP contribution in [-0.2, 0) is 0 Å². The summed E-state index contributed by atoms with van der Waals surface area (Å²) in [5.74, 6) is 0.395. The van der Waals surface area contributed by atoms with Gasteiger partial charge in [-0.2, -0.15) is 0 Å². The second-order valence-corrected chi connectivity index (χ2v) is 4.30. The van der Waals surface area contributed by atoms with Crippen molar-refractivity contribution in [1.29, 1.82) is 0 Å². The van der Waals surface area contributed by atoms with Gasteiger partial charge in [-0.3, -0.25) is 10.1 Å². The second-order valence-electron chi connectivity index (χ2n) is 4.30. The van der Waals surface area contributed by atoms with E-state index in [-0.39, 0.29) is 16.7 Å². The Kier molecular flexibility index (Phi) is 4.43. The zero-order chi connectivity index (χ0) is 12.1. The van der Waals surface area contributed by atoms with Crippen molar-refractivity contribution in [2.45, 2.75) is 38.6 Å². The molecule has 2 unspecified atom stereocenters. The molecule has 0 fully saturated rings. The van der Waals surface area contributed by atoms with Crippen molar-refractivity contribution in [3.63, 3.8) is 0 Å². The Morgan fingerprint density at radius 2 is 1.81 bits per heavy atom. The first-order chi connectivity index (χ1) is 7.50. The first-order valence-corrected chi connectivity index (χ1v) is 5.50. The van der Waals surface area contributed by atoms with E-state index in [9.17, 15) is 10.1 Å². The smallest absolute Gasteiger partial charge is 0.269 e. The fourth-order valence-corrected chi connectivity index (χ4v) is 1.60. The number of non-ortho nitro benzene ring substituents is 1. The Balaban J connectivity index is 2.63. The van der Waals surface area contributed by atoms with Gasteiger partial charge in [0.25, 0.3) is 5.69 Å². The minimum absolute atomic E-state index is 0.142. The van der Waals surface area contributed by atoms with Crippen molar-refractivity contribution >= 4 is 5.69 Å². The number of nitrogens with zero attached hydrogens (tertiary/aromatic N) is 1. The molecule has 0 heterocycles. The molecule has 0 aliphatic carbocycles. The maximum absolute atomic E-state index is 10.5. The van der Waals surface area contributed by atoms with E-state index in [1.165, 1.54) is 0 Å². The molecule has 1 aromatic rings. The third kappa shape index (κ3) is 3.62. The lowest BCUT2D eigenvalue weighted by Crippen LogP contribution is -2.15. The summed E-state index contributed by atoms with van der Waals surface area (Å²) in [6.07, 6.45) is 1.98. The standard InChI is InChI=1S/C12H18N2O2/c1-9(3-4-10(2)13)11-5-7-12(8-6-11)14(15)16/h5-10H,3-4,13H2,1-2H3. The van der Waals surface area contributed by atoms with Crippen molar-refractivity contribution in [1.82, 2.24) is 0 Å². The van der Waals surface area contributed by atoms with Gasteiger partial charge in [0.1, 0.15) is 0 Å². The summed E-state index contributed by atoms with van der Waals surface area (Å²) in [7, 11) is 0. The van der Waals surface area contributed by atoms with Crippen molar-refractivity contribution in [2.75, 3.05) is 0 Å². The summed E-state index contributed by atoms with van der Waals surface area (Å²) in [5.41, 5.74) is 6.97. The molecule has 0 bridgehead atoms. The van der Waals surface area contributed by atoms with Crippen molar-refractivity contribution in [3.8, 4) is 0 Å². The Hall–Kier alpha value is -1.42. The minimum atomic E-state index is -0.379. The zero-order valence-corrected chi connectivity index (χ0v) is 9.72. The number of hydrogen-bond acceptors (Lipinski definition) is 3. The van der Waals surface area contributed by atoms with Crippen LogP contribution in [0, 0.1) is 10.1 Å². The van der Waals surface area contributed by atoms with E-state index >= 15 is 0 Å². The molecule has 1 aromatic carbocycles. The predicted molar refractivity (Wildman–Crippen MR) is 64.4 cm³/mol. The number of benzene rings is 1. The highest BCUT2D eigenvalue weighted by Gasteiger charge is 2.09. The molecule has 0 saturated heterocycles. The van der Waals surface area contributed by atoms with E-state index in [1.807, 2.05) is 19.1 Å². The van der Waals surface area contributed by atoms with E-state index in [4.69, 9.17) is 5.73 Å². The molecule has 4 nitrogen and oxygen atoms in total. The molecule has 2 N–H and O–H groups in total. The second kappa shape index (κ2) is 5.61. The molecule has 4 heteroatoms. The molecular formula is C12H18N2O2. The lowest BCUT2D eigenvalue weighted by Gasteiger charge is -2.12. The maximum Gasteiger partial charge on any atom is 0.269 e. The normalized spacial score (nSPS) is 14.4. The number of nitro benzene ring substituents is 1. The Morgan fingerprint density at radius 1 is 1.25 bits per heavy atom. The highest BCUT2D eigenvalue weighted by Crippen LogP contribution is 2.23. The van der Waals surface area contributed by atoms with Crippen LogP contribution in [0.4, 0.5) is 5.69 Å². The average Bonchev–Trinajstić information content (AvgIpc) is 2.26. The first kappa shape index (κ1) is 12.6. The molecule has 0 radical (unpaired) electrons. The van der Waals surface area contributed by atoms with Gasteiger partial charge in [0.15, 0.2) is 0 Å². The van der Waals surface area contributed by atoms with E-state index in [0.717, 1.165) is 18.4 Å². The van der Waals surface area contributed by atoms with Gasteiger partial charge in [-0.15, -0.1) is 0 Å². The molecule has 0 aliphatic heterocycles. The van der Waals surface area contributed by atoms with E-state index in [2.05, 4.69) is 6.92 Å². The Morgan fingerprint density at radius 3 is 2.25 bits per heavy atom. The van der Waals surface area contributed by atoms with Crippen LogP contribution in [0.1, 0.15) is 38.2 Å². The average molecular weight is 222 g/mol. The molecule has 1 rings (SSSR count). The van der Waals surface area contributed by atoms with Crippen molar-refractivity contribution in [2.24, 2.45) is 5.73 Å². The molecular weight excluding hydrogens is 204 g/mol. The topological polar surface area (TPSA) is 69.2 Å².